The van der Waals surface area contributed by atoms with Crippen molar-refractivity contribution in [2.24, 2.45) is 4.99 Å². The van der Waals surface area contributed by atoms with Gasteiger partial charge in [0, 0.05) is 27.0 Å². The molecule has 2 N–H and O–H groups in total. The van der Waals surface area contributed by atoms with Crippen LogP contribution in [0.3, 0.4) is 0 Å². The van der Waals surface area contributed by atoms with Crippen molar-refractivity contribution in [3.8, 4) is 0 Å². The number of carbonyl (C=O) groups excluding carboxylic acids is 3. The standard InChI is InChI=1S/C17H23N3O8S2/c1-8(21)24-7-11-13(25-9(2)22)14(26-10(3)23)15-16(27-11)20-17(29)19-12(30-4)5-6-18-28-15/h5-6,11,13-16,18H,7H2,1-4H3,(H,20,29). The van der Waals surface area contributed by atoms with Gasteiger partial charge in [-0.2, -0.15) is 0 Å². The van der Waals surface area contributed by atoms with Crippen LogP contribution in [0, 0.1) is 0 Å². The van der Waals surface area contributed by atoms with Crippen molar-refractivity contribution in [2.75, 3.05) is 12.9 Å². The van der Waals surface area contributed by atoms with E-state index in [0.717, 1.165) is 0 Å². The Labute approximate surface area is 182 Å². The van der Waals surface area contributed by atoms with E-state index in [0.29, 0.717) is 5.04 Å². The number of rotatable bonds is 4. The third-order valence-corrected chi connectivity index (χ3v) is 4.73. The Hall–Kier alpha value is -2.22. The summed E-state index contributed by atoms with van der Waals surface area (Å²) in [5, 5.41) is 3.59. The normalized spacial score (nSPS) is 28.7. The lowest BCUT2D eigenvalue weighted by Crippen LogP contribution is -2.66. The van der Waals surface area contributed by atoms with Gasteiger partial charge in [-0.3, -0.25) is 24.7 Å². The summed E-state index contributed by atoms with van der Waals surface area (Å²) in [7, 11) is 0. The van der Waals surface area contributed by atoms with Crippen molar-refractivity contribution in [2.45, 2.75) is 51.4 Å². The van der Waals surface area contributed by atoms with Crippen molar-refractivity contribution >= 4 is 52.0 Å². The fourth-order valence-electron chi connectivity index (χ4n) is 2.78. The molecule has 13 heteroatoms. The van der Waals surface area contributed by atoms with Crippen LogP contribution in [0.15, 0.2) is 17.3 Å². The molecule has 0 aliphatic carbocycles. The molecule has 2 aliphatic heterocycles. The fourth-order valence-corrected chi connectivity index (χ4v) is 3.44. The Morgan fingerprint density at radius 1 is 1.17 bits per heavy atom. The number of fused-ring (bicyclic) bond motifs is 1. The van der Waals surface area contributed by atoms with Crippen molar-refractivity contribution in [1.29, 1.82) is 0 Å². The number of ether oxygens (including phenoxy) is 4. The largest absolute Gasteiger partial charge is 0.463 e. The van der Waals surface area contributed by atoms with Crippen LogP contribution in [0.5, 0.6) is 0 Å². The number of esters is 3. The number of hydroxylamine groups is 1. The predicted octanol–water partition coefficient (Wildman–Crippen LogP) is 0.191. The zero-order valence-electron chi connectivity index (χ0n) is 16.8. The number of thioether (sulfide) groups is 1. The van der Waals surface area contributed by atoms with Gasteiger partial charge in [-0.15, -0.1) is 11.8 Å². The topological polar surface area (TPSA) is 134 Å². The molecule has 0 radical (unpaired) electrons. The van der Waals surface area contributed by atoms with Gasteiger partial charge in [0.15, 0.2) is 29.7 Å². The van der Waals surface area contributed by atoms with Crippen LogP contribution in [0.2, 0.25) is 0 Å². The van der Waals surface area contributed by atoms with Gasteiger partial charge in [0.1, 0.15) is 17.8 Å². The summed E-state index contributed by atoms with van der Waals surface area (Å²) >= 11 is 6.62. The summed E-state index contributed by atoms with van der Waals surface area (Å²) in [6.07, 6.45) is -0.210. The molecule has 1 saturated heterocycles. The van der Waals surface area contributed by atoms with Crippen molar-refractivity contribution in [3.05, 3.63) is 12.3 Å². The first-order valence-corrected chi connectivity index (χ1v) is 10.5. The molecule has 0 saturated carbocycles. The monoisotopic (exact) mass is 461 g/mol. The molecule has 0 aromatic carbocycles. The molecule has 0 amide bonds. The molecule has 0 aromatic rings. The Balaban J connectivity index is 2.39. The van der Waals surface area contributed by atoms with E-state index >= 15 is 0 Å². The molecule has 2 heterocycles. The highest BCUT2D eigenvalue weighted by molar-refractivity contribution is 8.13. The van der Waals surface area contributed by atoms with Gasteiger partial charge in [0.05, 0.1) is 0 Å². The molecule has 1 fully saturated rings. The van der Waals surface area contributed by atoms with E-state index in [2.05, 4.69) is 15.8 Å². The molecular formula is C17H23N3O8S2. The minimum atomic E-state index is -1.11. The molecule has 11 nitrogen and oxygen atoms in total. The van der Waals surface area contributed by atoms with Crippen molar-refractivity contribution in [3.63, 3.8) is 0 Å². The van der Waals surface area contributed by atoms with Gasteiger partial charge < -0.3 is 24.3 Å². The van der Waals surface area contributed by atoms with Crippen molar-refractivity contribution < 1.29 is 38.2 Å². The summed E-state index contributed by atoms with van der Waals surface area (Å²) in [4.78, 5) is 44.6. The molecule has 0 bridgehead atoms. The zero-order valence-corrected chi connectivity index (χ0v) is 18.4. The number of thiocarbonyl (C=S) groups is 1. The lowest BCUT2D eigenvalue weighted by Gasteiger charge is -2.44. The quantitative estimate of drug-likeness (QED) is 0.336. The number of nitrogens with zero attached hydrogens (tertiary/aromatic N) is 1. The van der Waals surface area contributed by atoms with E-state index in [-0.39, 0.29) is 11.7 Å². The van der Waals surface area contributed by atoms with Crippen LogP contribution in [-0.2, 0) is 38.2 Å². The van der Waals surface area contributed by atoms with Gasteiger partial charge in [-0.25, -0.2) is 4.99 Å². The Morgan fingerprint density at radius 3 is 2.43 bits per heavy atom. The van der Waals surface area contributed by atoms with Gasteiger partial charge >= 0.3 is 17.9 Å². The Morgan fingerprint density at radius 2 is 1.83 bits per heavy atom. The predicted molar refractivity (Wildman–Crippen MR) is 110 cm³/mol. The Bertz CT molecular complexity index is 745. The average molecular weight is 462 g/mol. The fraction of sp³-hybridized carbons (Fsp3) is 0.588. The van der Waals surface area contributed by atoms with Gasteiger partial charge in [0.25, 0.3) is 0 Å². The summed E-state index contributed by atoms with van der Waals surface area (Å²) in [6.45, 7) is 3.37. The lowest BCUT2D eigenvalue weighted by atomic mass is 9.97. The van der Waals surface area contributed by atoms with Crippen LogP contribution < -0.4 is 10.8 Å². The highest BCUT2D eigenvalue weighted by atomic mass is 32.2. The summed E-state index contributed by atoms with van der Waals surface area (Å²) < 4.78 is 21.7. The van der Waals surface area contributed by atoms with Gasteiger partial charge in [0.2, 0.25) is 0 Å². The van der Waals surface area contributed by atoms with Gasteiger partial charge in [-0.05, 0) is 24.5 Å². The zero-order chi connectivity index (χ0) is 22.3. The third kappa shape index (κ3) is 6.93. The second-order valence-electron chi connectivity index (χ2n) is 6.18. The molecule has 5 unspecified atom stereocenters. The number of hydrogen-bond acceptors (Lipinski definition) is 11. The van der Waals surface area contributed by atoms with Gasteiger partial charge in [-0.1, -0.05) is 0 Å². The highest BCUT2D eigenvalue weighted by Gasteiger charge is 2.51. The first kappa shape index (κ1) is 24.1. The second-order valence-corrected chi connectivity index (χ2v) is 7.40. The van der Waals surface area contributed by atoms with Crippen LogP contribution in [0.25, 0.3) is 0 Å². The highest BCUT2D eigenvalue weighted by Crippen LogP contribution is 2.28. The minimum Gasteiger partial charge on any atom is -0.463 e. The first-order chi connectivity index (χ1) is 14.2. The van der Waals surface area contributed by atoms with E-state index in [1.165, 1.54) is 38.7 Å². The van der Waals surface area contributed by atoms with Crippen LogP contribution in [0.4, 0.5) is 0 Å². The summed E-state index contributed by atoms with van der Waals surface area (Å²) in [5.41, 5.74) is 2.62. The van der Waals surface area contributed by atoms with Crippen LogP contribution in [0.1, 0.15) is 20.8 Å². The van der Waals surface area contributed by atoms with E-state index in [1.807, 2.05) is 6.26 Å². The first-order valence-electron chi connectivity index (χ1n) is 8.85. The Kier molecular flexibility index (Phi) is 9.02. The molecule has 166 valence electrons. The number of carbonyl (C=O) groups is 3. The second kappa shape index (κ2) is 11.2. The van der Waals surface area contributed by atoms with E-state index < -0.39 is 48.6 Å². The smallest absolute Gasteiger partial charge is 0.303 e. The SMILES string of the molecule is CSC1=NC(=S)NC2OC(COC(C)=O)C(OC(C)=O)C(OC(C)=O)C2ONC=C1. The molecule has 2 rings (SSSR count). The number of aliphatic imine (C=N–C) groups is 1. The molecule has 0 aromatic heterocycles. The van der Waals surface area contributed by atoms with E-state index in [4.69, 9.17) is 36.0 Å². The lowest BCUT2D eigenvalue weighted by molar-refractivity contribution is -0.266. The number of hydrogen-bond donors (Lipinski definition) is 2. The summed E-state index contributed by atoms with van der Waals surface area (Å²) in [5.74, 6) is -1.83. The third-order valence-electron chi connectivity index (χ3n) is 3.87. The van der Waals surface area contributed by atoms with E-state index in [9.17, 15) is 14.4 Å². The minimum absolute atomic E-state index is 0.100. The average Bonchev–Trinajstić information content (AvgIpc) is 2.65. The molecule has 30 heavy (non-hydrogen) atoms. The van der Waals surface area contributed by atoms with Crippen molar-refractivity contribution in [1.82, 2.24) is 10.8 Å². The number of nitrogens with one attached hydrogen (secondary N) is 2. The maximum Gasteiger partial charge on any atom is 0.303 e. The maximum absolute atomic E-state index is 11.8. The molecule has 5 atom stereocenters. The molecule has 2 aliphatic rings. The molecular weight excluding hydrogens is 438 g/mol. The van der Waals surface area contributed by atoms with Crippen LogP contribution >= 0.6 is 24.0 Å². The van der Waals surface area contributed by atoms with Crippen LogP contribution in [-0.4, -0.2) is 71.6 Å². The maximum atomic E-state index is 11.8. The molecule has 0 spiro atoms. The van der Waals surface area contributed by atoms with E-state index in [1.54, 1.807) is 6.08 Å². The summed E-state index contributed by atoms with van der Waals surface area (Å²) in [6, 6.07) is 0.